The second-order valence-corrected chi connectivity index (χ2v) is 9.08. The minimum Gasteiger partial charge on any atom is -0.490 e. The summed E-state index contributed by atoms with van der Waals surface area (Å²) >= 11 is 0. The van der Waals surface area contributed by atoms with Gasteiger partial charge in [-0.1, -0.05) is 29.4 Å². The molecule has 0 spiro atoms. The van der Waals surface area contributed by atoms with Gasteiger partial charge < -0.3 is 19.0 Å². The number of anilines is 1. The summed E-state index contributed by atoms with van der Waals surface area (Å²) in [7, 11) is 0. The Balaban J connectivity index is 1.32. The third-order valence-corrected chi connectivity index (χ3v) is 6.40. The number of rotatable bonds is 5. The third kappa shape index (κ3) is 4.06. The number of ether oxygens (including phenoxy) is 1. The van der Waals surface area contributed by atoms with E-state index in [0.29, 0.717) is 22.3 Å². The molecule has 0 fully saturated rings. The predicted octanol–water partition coefficient (Wildman–Crippen LogP) is 6.34. The Morgan fingerprint density at radius 2 is 1.89 bits per heavy atom. The van der Waals surface area contributed by atoms with Crippen LogP contribution in [-0.2, 0) is 6.42 Å². The van der Waals surface area contributed by atoms with Crippen molar-refractivity contribution in [2.75, 3.05) is 5.32 Å². The van der Waals surface area contributed by atoms with Crippen LogP contribution in [0.3, 0.4) is 0 Å². The molecule has 1 aliphatic rings. The van der Waals surface area contributed by atoms with Crippen LogP contribution in [0.5, 0.6) is 5.75 Å². The number of para-hydroxylation sites is 1. The van der Waals surface area contributed by atoms with Crippen LogP contribution >= 0.6 is 0 Å². The summed E-state index contributed by atoms with van der Waals surface area (Å²) < 4.78 is 31.1. The molecule has 0 unspecified atom stereocenters. The molecular weight excluding hydrogens is 475 g/mol. The Labute approximate surface area is 210 Å². The number of nitrogens with zero attached hydrogens (tertiary/aromatic N) is 1. The first kappa shape index (κ1) is 22.7. The molecule has 6 rings (SSSR count). The summed E-state index contributed by atoms with van der Waals surface area (Å²) in [6, 6.07) is 18.3. The number of amides is 1. The van der Waals surface area contributed by atoms with Crippen LogP contribution in [0.15, 0.2) is 75.7 Å². The number of hydrogen-bond acceptors (Lipinski definition) is 6. The van der Waals surface area contributed by atoms with Gasteiger partial charge in [-0.15, -0.1) is 0 Å². The number of benzene rings is 3. The molecule has 1 aliphatic heterocycles. The van der Waals surface area contributed by atoms with Gasteiger partial charge in [0.15, 0.2) is 17.2 Å². The Morgan fingerprint density at radius 1 is 1.05 bits per heavy atom. The average molecular weight is 496 g/mol. The zero-order chi connectivity index (χ0) is 25.7. The quantitative estimate of drug-likeness (QED) is 0.285. The van der Waals surface area contributed by atoms with Crippen molar-refractivity contribution in [3.05, 3.63) is 101 Å². The smallest absolute Gasteiger partial charge is 0.277 e. The van der Waals surface area contributed by atoms with Gasteiger partial charge in [0.2, 0.25) is 5.78 Å². The highest BCUT2D eigenvalue weighted by Crippen LogP contribution is 2.35. The Bertz CT molecular complexity index is 1700. The van der Waals surface area contributed by atoms with E-state index in [1.165, 1.54) is 18.2 Å². The van der Waals surface area contributed by atoms with Gasteiger partial charge in [-0.05, 0) is 61.4 Å². The molecule has 37 heavy (non-hydrogen) atoms. The van der Waals surface area contributed by atoms with Gasteiger partial charge in [0, 0.05) is 29.0 Å². The molecule has 2 aromatic heterocycles. The van der Waals surface area contributed by atoms with Crippen LogP contribution in [0.1, 0.15) is 44.7 Å². The number of furan rings is 1. The van der Waals surface area contributed by atoms with Gasteiger partial charge in [0.05, 0.1) is 5.69 Å². The minimum atomic E-state index is -0.580. The van der Waals surface area contributed by atoms with Crippen LogP contribution in [0.2, 0.25) is 0 Å². The summed E-state index contributed by atoms with van der Waals surface area (Å²) in [6.45, 7) is 3.62. The lowest BCUT2D eigenvalue weighted by Crippen LogP contribution is -2.14. The van der Waals surface area contributed by atoms with E-state index in [2.05, 4.69) is 10.5 Å². The first-order chi connectivity index (χ1) is 17.9. The molecule has 0 radical (unpaired) electrons. The normalized spacial score (nSPS) is 14.4. The van der Waals surface area contributed by atoms with Gasteiger partial charge in [-0.25, -0.2) is 4.39 Å². The number of halogens is 1. The van der Waals surface area contributed by atoms with Gasteiger partial charge in [-0.3, -0.25) is 9.59 Å². The molecule has 0 saturated heterocycles. The number of aryl methyl sites for hydroxylation is 1. The fourth-order valence-corrected chi connectivity index (χ4v) is 4.47. The first-order valence-electron chi connectivity index (χ1n) is 11.8. The number of nitrogens with one attached hydrogen (secondary N) is 1. The third-order valence-electron chi connectivity index (χ3n) is 6.40. The molecule has 5 aromatic rings. The topological polar surface area (TPSA) is 94.6 Å². The lowest BCUT2D eigenvalue weighted by atomic mass is 10.0. The fraction of sp³-hybridized carbons (Fsp3) is 0.138. The number of ketones is 1. The van der Waals surface area contributed by atoms with Gasteiger partial charge in [0.25, 0.3) is 5.91 Å². The maximum absolute atomic E-state index is 14.1. The molecule has 0 saturated carbocycles. The molecule has 0 aliphatic carbocycles. The average Bonchev–Trinajstić information content (AvgIpc) is 3.61. The zero-order valence-corrected chi connectivity index (χ0v) is 20.0. The highest BCUT2D eigenvalue weighted by atomic mass is 19.1. The molecule has 1 N–H and O–H groups in total. The number of fused-ring (bicyclic) bond motifs is 2. The van der Waals surface area contributed by atoms with Crippen molar-refractivity contribution in [1.82, 2.24) is 5.16 Å². The van der Waals surface area contributed by atoms with Crippen molar-refractivity contribution in [1.29, 1.82) is 0 Å². The predicted molar refractivity (Wildman–Crippen MR) is 134 cm³/mol. The summed E-state index contributed by atoms with van der Waals surface area (Å²) in [4.78, 5) is 26.4. The molecule has 0 bridgehead atoms. The first-order valence-corrected chi connectivity index (χ1v) is 11.8. The molecule has 3 aromatic carbocycles. The van der Waals surface area contributed by atoms with E-state index in [9.17, 15) is 14.0 Å². The largest absolute Gasteiger partial charge is 0.490 e. The Kier molecular flexibility index (Phi) is 5.37. The van der Waals surface area contributed by atoms with Crippen molar-refractivity contribution >= 4 is 28.3 Å². The van der Waals surface area contributed by atoms with Crippen molar-refractivity contribution in [3.63, 3.8) is 0 Å². The van der Waals surface area contributed by atoms with Crippen LogP contribution in [-0.4, -0.2) is 23.0 Å². The zero-order valence-electron chi connectivity index (χ0n) is 20.0. The van der Waals surface area contributed by atoms with Crippen LogP contribution in [0, 0.1) is 12.7 Å². The molecular formula is C29H21FN2O5. The SMILES string of the molecule is Cc1ccc(C(=O)c2oc3ccccc3c2NC(=O)c2cc(-c3ccc4c(c3)C[C@@H](C)O4)on2)cc1F. The van der Waals surface area contributed by atoms with E-state index < -0.39 is 17.5 Å². The lowest BCUT2D eigenvalue weighted by Gasteiger charge is -2.05. The van der Waals surface area contributed by atoms with Crippen LogP contribution in [0.4, 0.5) is 10.1 Å². The van der Waals surface area contributed by atoms with Crippen LogP contribution < -0.4 is 10.1 Å². The van der Waals surface area contributed by atoms with E-state index in [0.717, 1.165) is 29.4 Å². The standard InChI is InChI=1S/C29H21FN2O5/c1-15-7-8-18(13-21(15)30)27(33)28-26(20-5-3-4-6-24(20)36-28)31-29(34)22-14-25(37-32-22)17-9-10-23-19(12-17)11-16(2)35-23/h3-10,12-14,16H,11H2,1-2H3,(H,31,34)/t16-/m1/s1. The second-order valence-electron chi connectivity index (χ2n) is 9.08. The number of hydrogen-bond donors (Lipinski definition) is 1. The van der Waals surface area contributed by atoms with Gasteiger partial charge in [-0.2, -0.15) is 0 Å². The molecule has 1 atom stereocenters. The summed E-state index contributed by atoms with van der Waals surface area (Å²) in [5, 5.41) is 7.21. The van der Waals surface area contributed by atoms with Gasteiger partial charge in [0.1, 0.15) is 23.3 Å². The molecule has 8 heteroatoms. The second kappa shape index (κ2) is 8.74. The minimum absolute atomic E-state index is 0.0326. The molecule has 7 nitrogen and oxygen atoms in total. The molecule has 3 heterocycles. The highest BCUT2D eigenvalue weighted by Gasteiger charge is 2.26. The van der Waals surface area contributed by atoms with E-state index in [4.69, 9.17) is 13.7 Å². The molecule has 184 valence electrons. The van der Waals surface area contributed by atoms with E-state index in [1.54, 1.807) is 31.2 Å². The van der Waals surface area contributed by atoms with Gasteiger partial charge >= 0.3 is 0 Å². The monoisotopic (exact) mass is 496 g/mol. The maximum Gasteiger partial charge on any atom is 0.277 e. The van der Waals surface area contributed by atoms with E-state index >= 15 is 0 Å². The van der Waals surface area contributed by atoms with Crippen LogP contribution in [0.25, 0.3) is 22.3 Å². The summed E-state index contributed by atoms with van der Waals surface area (Å²) in [5.74, 6) is -0.476. The number of carbonyl (C=O) groups excluding carboxylic acids is 2. The summed E-state index contributed by atoms with van der Waals surface area (Å²) in [5.41, 5.74) is 2.98. The Hall–Kier alpha value is -4.72. The molecule has 1 amide bonds. The van der Waals surface area contributed by atoms with E-state index in [-0.39, 0.29) is 28.8 Å². The lowest BCUT2D eigenvalue weighted by molar-refractivity contribution is 0.101. The van der Waals surface area contributed by atoms with Crippen molar-refractivity contribution in [3.8, 4) is 17.1 Å². The number of aromatic nitrogens is 1. The summed E-state index contributed by atoms with van der Waals surface area (Å²) in [6.07, 6.45) is 0.902. The van der Waals surface area contributed by atoms with E-state index in [1.807, 2.05) is 25.1 Å². The van der Waals surface area contributed by atoms with Crippen molar-refractivity contribution in [2.24, 2.45) is 0 Å². The van der Waals surface area contributed by atoms with Crippen molar-refractivity contribution < 1.29 is 27.7 Å². The number of carbonyl (C=O) groups is 2. The highest BCUT2D eigenvalue weighted by molar-refractivity contribution is 6.18. The Morgan fingerprint density at radius 3 is 2.73 bits per heavy atom. The van der Waals surface area contributed by atoms with Crippen molar-refractivity contribution in [2.45, 2.75) is 26.4 Å². The maximum atomic E-state index is 14.1. The fourth-order valence-electron chi connectivity index (χ4n) is 4.47.